The lowest BCUT2D eigenvalue weighted by molar-refractivity contribution is -0.133. The van der Waals surface area contributed by atoms with Crippen molar-refractivity contribution in [3.05, 3.63) is 30.0 Å². The number of likely N-dealkylation sites (N-methyl/N-ethyl adjacent to an activating group) is 2. The van der Waals surface area contributed by atoms with Gasteiger partial charge >= 0.3 is 6.09 Å². The van der Waals surface area contributed by atoms with E-state index in [2.05, 4.69) is 15.6 Å². The van der Waals surface area contributed by atoms with Crippen LogP contribution in [0.25, 0.3) is 10.9 Å². The molecule has 0 spiro atoms. The Balaban J connectivity index is 1.73. The Labute approximate surface area is 252 Å². The number of H-pyrrole nitrogens is 1. The Morgan fingerprint density at radius 2 is 1.86 bits per heavy atom. The molecule has 0 aliphatic carbocycles. The van der Waals surface area contributed by atoms with Crippen LogP contribution in [0.4, 0.5) is 4.79 Å². The number of hydrogen-bond acceptors (Lipinski definition) is 8. The molecule has 12 nitrogen and oxygen atoms in total. The lowest BCUT2D eigenvalue weighted by Crippen LogP contribution is -2.47. The van der Waals surface area contributed by atoms with Crippen molar-refractivity contribution in [2.24, 2.45) is 17.8 Å². The largest absolute Gasteiger partial charge is 0.496 e. The number of Topliss-reactive ketones (excluding diaryl/α,β-unsaturated/α-hetero) is 2. The van der Waals surface area contributed by atoms with Crippen LogP contribution < -0.4 is 15.4 Å². The molecule has 1 fully saturated rings. The van der Waals surface area contributed by atoms with Gasteiger partial charge in [0.05, 0.1) is 18.8 Å². The highest BCUT2D eigenvalue weighted by Crippen LogP contribution is 2.28. The Morgan fingerprint density at radius 3 is 2.49 bits per heavy atom. The summed E-state index contributed by atoms with van der Waals surface area (Å²) in [6.07, 6.45) is 0.294. The molecule has 0 saturated carbocycles. The number of carbonyl (C=O) groups excluding carboxylic acids is 5. The van der Waals surface area contributed by atoms with E-state index in [9.17, 15) is 24.0 Å². The minimum Gasteiger partial charge on any atom is -0.496 e. The predicted octanol–water partition coefficient (Wildman–Crippen LogP) is 2.62. The number of rotatable bonds is 16. The highest BCUT2D eigenvalue weighted by molar-refractivity contribution is 6.02. The number of methoxy groups -OCH3 is 1. The molecule has 43 heavy (non-hydrogen) atoms. The normalized spacial score (nSPS) is 16.2. The predicted molar refractivity (Wildman–Crippen MR) is 162 cm³/mol. The number of nitrogens with one attached hydrogen (secondary N) is 3. The van der Waals surface area contributed by atoms with Gasteiger partial charge in [0.2, 0.25) is 11.8 Å². The summed E-state index contributed by atoms with van der Waals surface area (Å²) in [6.45, 7) is 4.89. The zero-order valence-corrected chi connectivity index (χ0v) is 26.0. The average Bonchev–Trinajstić information content (AvgIpc) is 3.59. The Kier molecular flexibility index (Phi) is 12.1. The molecule has 2 heterocycles. The van der Waals surface area contributed by atoms with E-state index in [1.807, 2.05) is 45.0 Å². The Morgan fingerprint density at radius 1 is 1.12 bits per heavy atom. The van der Waals surface area contributed by atoms with Crippen LogP contribution in [0.3, 0.4) is 0 Å². The van der Waals surface area contributed by atoms with Crippen molar-refractivity contribution >= 4 is 40.4 Å². The highest BCUT2D eigenvalue weighted by Gasteiger charge is 2.34. The second-order valence-corrected chi connectivity index (χ2v) is 11.9. The van der Waals surface area contributed by atoms with E-state index in [1.54, 1.807) is 26.3 Å². The van der Waals surface area contributed by atoms with Crippen molar-refractivity contribution in [1.29, 1.82) is 0 Å². The van der Waals surface area contributed by atoms with Crippen molar-refractivity contribution in [3.8, 4) is 5.75 Å². The second kappa shape index (κ2) is 15.5. The average molecular weight is 600 g/mol. The SMILES string of the molecule is COc1cccc2[nH]c(C(=O)C[C@@H](CC(C)C)C(=O)N[C@@H](C[C@@H]3CCNC3=O)C(=O)COC(=O)N(C)CCN(C)C)cc12. The molecule has 0 bridgehead atoms. The van der Waals surface area contributed by atoms with Crippen LogP contribution in [-0.4, -0.2) is 105 Å². The van der Waals surface area contributed by atoms with Crippen LogP contribution >= 0.6 is 0 Å². The van der Waals surface area contributed by atoms with Crippen LogP contribution in [0, 0.1) is 17.8 Å². The van der Waals surface area contributed by atoms with Crippen LogP contribution in [0.2, 0.25) is 0 Å². The van der Waals surface area contributed by atoms with Crippen molar-refractivity contribution in [3.63, 3.8) is 0 Å². The number of aromatic amines is 1. The van der Waals surface area contributed by atoms with E-state index >= 15 is 0 Å². The van der Waals surface area contributed by atoms with E-state index in [0.29, 0.717) is 43.9 Å². The summed E-state index contributed by atoms with van der Waals surface area (Å²) in [6, 6.07) is 6.14. The van der Waals surface area contributed by atoms with Gasteiger partial charge in [-0.1, -0.05) is 19.9 Å². The molecule has 3 amide bonds. The monoisotopic (exact) mass is 599 g/mol. The Hall–Kier alpha value is -3.93. The third kappa shape index (κ3) is 9.54. The minimum atomic E-state index is -1.05. The number of benzene rings is 1. The molecule has 236 valence electrons. The number of ether oxygens (including phenoxy) is 2. The van der Waals surface area contributed by atoms with Gasteiger partial charge in [-0.25, -0.2) is 4.79 Å². The molecular formula is C31H45N5O7. The maximum Gasteiger partial charge on any atom is 0.409 e. The lowest BCUT2D eigenvalue weighted by Gasteiger charge is -2.24. The summed E-state index contributed by atoms with van der Waals surface area (Å²) in [7, 11) is 6.90. The molecule has 0 radical (unpaired) electrons. The first-order chi connectivity index (χ1) is 20.4. The molecule has 3 atom stereocenters. The van der Waals surface area contributed by atoms with Gasteiger partial charge in [-0.15, -0.1) is 0 Å². The number of carbonyl (C=O) groups is 5. The molecule has 1 aromatic carbocycles. The smallest absolute Gasteiger partial charge is 0.409 e. The fourth-order valence-corrected chi connectivity index (χ4v) is 5.14. The van der Waals surface area contributed by atoms with Crippen LogP contribution in [0.5, 0.6) is 5.75 Å². The molecule has 3 rings (SSSR count). The molecule has 0 unspecified atom stereocenters. The summed E-state index contributed by atoms with van der Waals surface area (Å²) in [5, 5.41) is 6.32. The first kappa shape index (κ1) is 33.6. The van der Waals surface area contributed by atoms with Gasteiger partial charge in [-0.05, 0) is 57.5 Å². The molecule has 1 aromatic heterocycles. The van der Waals surface area contributed by atoms with Crippen LogP contribution in [-0.2, 0) is 19.1 Å². The summed E-state index contributed by atoms with van der Waals surface area (Å²) in [5.74, 6) is -1.84. The van der Waals surface area contributed by atoms with E-state index in [-0.39, 0.29) is 30.4 Å². The summed E-state index contributed by atoms with van der Waals surface area (Å²) < 4.78 is 10.6. The molecule has 1 saturated heterocycles. The quantitative estimate of drug-likeness (QED) is 0.249. The van der Waals surface area contributed by atoms with Gasteiger partial charge in [-0.2, -0.15) is 0 Å². The number of hydrogen-bond donors (Lipinski definition) is 3. The van der Waals surface area contributed by atoms with E-state index in [0.717, 1.165) is 10.9 Å². The summed E-state index contributed by atoms with van der Waals surface area (Å²) in [4.78, 5) is 71.4. The third-order valence-electron chi connectivity index (χ3n) is 7.62. The molecule has 3 N–H and O–H groups in total. The van der Waals surface area contributed by atoms with Gasteiger partial charge in [0, 0.05) is 55.8 Å². The van der Waals surface area contributed by atoms with Gasteiger partial charge in [0.1, 0.15) is 5.75 Å². The second-order valence-electron chi connectivity index (χ2n) is 11.9. The number of fused-ring (bicyclic) bond motifs is 1. The maximum absolute atomic E-state index is 13.6. The van der Waals surface area contributed by atoms with Crippen molar-refractivity contribution < 1.29 is 33.4 Å². The molecule has 2 aromatic rings. The van der Waals surface area contributed by atoms with Crippen molar-refractivity contribution in [2.45, 2.75) is 45.6 Å². The molecule has 12 heteroatoms. The molecule has 1 aliphatic rings. The third-order valence-corrected chi connectivity index (χ3v) is 7.62. The van der Waals surface area contributed by atoms with E-state index in [4.69, 9.17) is 9.47 Å². The topological polar surface area (TPSA) is 150 Å². The first-order valence-electron chi connectivity index (χ1n) is 14.7. The fraction of sp³-hybridized carbons (Fsp3) is 0.581. The maximum atomic E-state index is 13.6. The summed E-state index contributed by atoms with van der Waals surface area (Å²) >= 11 is 0. The number of ketones is 2. The Bertz CT molecular complexity index is 1300. The van der Waals surface area contributed by atoms with Gasteiger partial charge in [0.15, 0.2) is 18.2 Å². The van der Waals surface area contributed by atoms with Gasteiger partial charge in [0.25, 0.3) is 0 Å². The van der Waals surface area contributed by atoms with Crippen molar-refractivity contribution in [1.82, 2.24) is 25.4 Å². The lowest BCUT2D eigenvalue weighted by atomic mass is 9.89. The molecule has 1 aliphatic heterocycles. The molecular weight excluding hydrogens is 554 g/mol. The number of nitrogens with zero attached hydrogens (tertiary/aromatic N) is 2. The zero-order chi connectivity index (χ0) is 31.7. The summed E-state index contributed by atoms with van der Waals surface area (Å²) in [5.41, 5.74) is 1.11. The van der Waals surface area contributed by atoms with Crippen LogP contribution in [0.15, 0.2) is 24.3 Å². The standard InChI is InChI=1S/C31H45N5O7/c1-19(2)14-21(16-26(37)25-17-22-23(33-25)8-7-9-28(22)42-6)30(40)34-24(15-20-10-11-32-29(20)39)27(38)18-43-31(41)36(5)13-12-35(3)4/h7-9,17,19-21,24,33H,10-16,18H2,1-6H3,(H,32,39)(H,34,40)/t20-,21+,24-/m0/s1. The number of aromatic nitrogens is 1. The zero-order valence-electron chi connectivity index (χ0n) is 26.0. The van der Waals surface area contributed by atoms with E-state index in [1.165, 1.54) is 4.90 Å². The van der Waals surface area contributed by atoms with Gasteiger partial charge in [-0.3, -0.25) is 19.2 Å². The van der Waals surface area contributed by atoms with Crippen LogP contribution in [0.1, 0.15) is 50.0 Å². The fourth-order valence-electron chi connectivity index (χ4n) is 5.14. The minimum absolute atomic E-state index is 0.0738. The van der Waals surface area contributed by atoms with Crippen molar-refractivity contribution in [2.75, 3.05) is 54.5 Å². The van der Waals surface area contributed by atoms with E-state index < -0.39 is 42.3 Å². The highest BCUT2D eigenvalue weighted by atomic mass is 16.6. The van der Waals surface area contributed by atoms with Gasteiger partial charge < -0.3 is 34.9 Å². The number of amides is 3. The first-order valence-corrected chi connectivity index (χ1v) is 14.7.